The van der Waals surface area contributed by atoms with Gasteiger partial charge in [0.25, 0.3) is 0 Å². The molecule has 0 radical (unpaired) electrons. The summed E-state index contributed by atoms with van der Waals surface area (Å²) in [7, 11) is 0. The van der Waals surface area contributed by atoms with E-state index < -0.39 is 0 Å². The van der Waals surface area contributed by atoms with Gasteiger partial charge < -0.3 is 10.3 Å². The number of aromatic nitrogens is 1. The maximum absolute atomic E-state index is 5.90. The molecule has 0 unspecified atom stereocenters. The minimum atomic E-state index is 0.441. The number of hydrogen-bond acceptors (Lipinski definition) is 3. The Balaban J connectivity index is 2.06. The molecular formula is C14H16N2O. The van der Waals surface area contributed by atoms with Crippen molar-refractivity contribution in [2.45, 2.75) is 32.1 Å². The maximum Gasteiger partial charge on any atom is 0.230 e. The summed E-state index contributed by atoms with van der Waals surface area (Å²) in [6, 6.07) is 8.35. The largest absolute Gasteiger partial charge is 0.367 e. The summed E-state index contributed by atoms with van der Waals surface area (Å²) in [6.07, 6.45) is 3.68. The van der Waals surface area contributed by atoms with E-state index in [2.05, 4.69) is 36.3 Å². The fourth-order valence-electron chi connectivity index (χ4n) is 2.29. The Labute approximate surface area is 101 Å². The highest BCUT2D eigenvalue weighted by Gasteiger charge is 2.28. The minimum absolute atomic E-state index is 0.441. The summed E-state index contributed by atoms with van der Waals surface area (Å²) in [6.45, 7) is 2.08. The lowest BCUT2D eigenvalue weighted by molar-refractivity contribution is 0.369. The number of benzene rings is 1. The monoisotopic (exact) mass is 228 g/mol. The Hall–Kier alpha value is -1.77. The molecule has 1 aliphatic rings. The summed E-state index contributed by atoms with van der Waals surface area (Å²) in [5.74, 6) is 0.975. The molecule has 1 heterocycles. The van der Waals surface area contributed by atoms with Gasteiger partial charge in [-0.25, -0.2) is 0 Å². The first-order chi connectivity index (χ1) is 8.25. The third-order valence-electron chi connectivity index (χ3n) is 3.58. The van der Waals surface area contributed by atoms with Crippen LogP contribution in [0.15, 0.2) is 28.8 Å². The zero-order valence-corrected chi connectivity index (χ0v) is 9.94. The number of nitrogens with two attached hydrogens (primary N) is 1. The fraction of sp³-hybridized carbons (Fsp3) is 0.357. The predicted octanol–water partition coefficient (Wildman–Crippen LogP) is 3.50. The summed E-state index contributed by atoms with van der Waals surface area (Å²) < 4.78 is 5.16. The fourth-order valence-corrected chi connectivity index (χ4v) is 2.29. The van der Waals surface area contributed by atoms with E-state index in [1.54, 1.807) is 0 Å². The van der Waals surface area contributed by atoms with Crippen LogP contribution >= 0.6 is 0 Å². The number of nitrogen functional groups attached to an aromatic ring is 1. The molecule has 3 heteroatoms. The predicted molar refractivity (Wildman–Crippen MR) is 67.7 cm³/mol. The second kappa shape index (κ2) is 3.91. The maximum atomic E-state index is 5.90. The molecule has 3 rings (SSSR count). The van der Waals surface area contributed by atoms with Crippen LogP contribution in [0.3, 0.4) is 0 Å². The van der Waals surface area contributed by atoms with Crippen molar-refractivity contribution in [2.75, 3.05) is 5.73 Å². The lowest BCUT2D eigenvalue weighted by Gasteiger charge is -2.23. The number of aryl methyl sites for hydroxylation is 1. The van der Waals surface area contributed by atoms with Crippen molar-refractivity contribution in [1.82, 2.24) is 5.16 Å². The second-order valence-corrected chi connectivity index (χ2v) is 4.80. The zero-order valence-electron chi connectivity index (χ0n) is 9.94. The molecule has 0 aliphatic heterocycles. The van der Waals surface area contributed by atoms with Gasteiger partial charge in [-0.2, -0.15) is 0 Å². The lowest BCUT2D eigenvalue weighted by atomic mass is 9.80. The average Bonchev–Trinajstić information content (AvgIpc) is 2.60. The third-order valence-corrected chi connectivity index (χ3v) is 3.58. The van der Waals surface area contributed by atoms with Crippen LogP contribution in [0.2, 0.25) is 0 Å². The molecule has 2 N–H and O–H groups in total. The van der Waals surface area contributed by atoms with Gasteiger partial charge in [-0.05, 0) is 25.3 Å². The Kier molecular flexibility index (Phi) is 2.39. The number of hydrogen-bond donors (Lipinski definition) is 1. The molecule has 1 aromatic heterocycles. The van der Waals surface area contributed by atoms with Crippen LogP contribution in [0.5, 0.6) is 0 Å². The molecule has 3 nitrogen and oxygen atoms in total. The van der Waals surface area contributed by atoms with Crippen LogP contribution in [-0.2, 0) is 0 Å². The van der Waals surface area contributed by atoms with Crippen molar-refractivity contribution in [1.29, 1.82) is 0 Å². The van der Waals surface area contributed by atoms with Gasteiger partial charge in [-0.15, -0.1) is 0 Å². The first-order valence-electron chi connectivity index (χ1n) is 6.08. The van der Waals surface area contributed by atoms with Crippen molar-refractivity contribution >= 4 is 5.88 Å². The van der Waals surface area contributed by atoms with E-state index >= 15 is 0 Å². The molecule has 1 saturated carbocycles. The van der Waals surface area contributed by atoms with E-state index in [1.807, 2.05) is 0 Å². The van der Waals surface area contributed by atoms with Crippen LogP contribution in [0, 0.1) is 6.92 Å². The Bertz CT molecular complexity index is 524. The minimum Gasteiger partial charge on any atom is -0.367 e. The van der Waals surface area contributed by atoms with Gasteiger partial charge in [0.15, 0.2) is 0 Å². The summed E-state index contributed by atoms with van der Waals surface area (Å²) in [4.78, 5) is 0. The Morgan fingerprint density at radius 2 is 1.94 bits per heavy atom. The van der Waals surface area contributed by atoms with E-state index in [-0.39, 0.29) is 0 Å². The van der Waals surface area contributed by atoms with Crippen molar-refractivity contribution < 1.29 is 4.52 Å². The van der Waals surface area contributed by atoms with Crippen LogP contribution in [0.1, 0.15) is 36.4 Å². The Morgan fingerprint density at radius 3 is 2.53 bits per heavy atom. The van der Waals surface area contributed by atoms with E-state index in [9.17, 15) is 0 Å². The zero-order chi connectivity index (χ0) is 11.8. The lowest BCUT2D eigenvalue weighted by Crippen LogP contribution is -2.10. The number of nitrogens with zero attached hydrogens (tertiary/aromatic N) is 1. The van der Waals surface area contributed by atoms with Gasteiger partial charge in [0, 0.05) is 5.92 Å². The second-order valence-electron chi connectivity index (χ2n) is 4.80. The highest BCUT2D eigenvalue weighted by atomic mass is 16.5. The summed E-state index contributed by atoms with van der Waals surface area (Å²) in [5.41, 5.74) is 10.3. The van der Waals surface area contributed by atoms with Crippen molar-refractivity contribution in [3.63, 3.8) is 0 Å². The SMILES string of the molecule is Cc1ccc(-c2c(C3CCC3)noc2N)cc1. The van der Waals surface area contributed by atoms with Crippen molar-refractivity contribution in [2.24, 2.45) is 0 Å². The molecule has 0 bridgehead atoms. The molecule has 0 amide bonds. The number of rotatable bonds is 2. The van der Waals surface area contributed by atoms with E-state index in [0.717, 1.165) is 16.8 Å². The van der Waals surface area contributed by atoms with Crippen LogP contribution in [-0.4, -0.2) is 5.16 Å². The topological polar surface area (TPSA) is 52.0 Å². The first kappa shape index (κ1) is 10.4. The molecule has 17 heavy (non-hydrogen) atoms. The van der Waals surface area contributed by atoms with Crippen molar-refractivity contribution in [3.8, 4) is 11.1 Å². The van der Waals surface area contributed by atoms with E-state index in [1.165, 1.54) is 24.8 Å². The highest BCUT2D eigenvalue weighted by Crippen LogP contribution is 2.42. The van der Waals surface area contributed by atoms with Gasteiger partial charge in [-0.1, -0.05) is 41.4 Å². The molecule has 0 spiro atoms. The van der Waals surface area contributed by atoms with Crippen LogP contribution in [0.25, 0.3) is 11.1 Å². The first-order valence-corrected chi connectivity index (χ1v) is 6.08. The highest BCUT2D eigenvalue weighted by molar-refractivity contribution is 5.75. The normalized spacial score (nSPS) is 15.8. The van der Waals surface area contributed by atoms with Crippen molar-refractivity contribution in [3.05, 3.63) is 35.5 Å². The van der Waals surface area contributed by atoms with Gasteiger partial charge in [-0.3, -0.25) is 0 Å². The standard InChI is InChI=1S/C14H16N2O/c1-9-5-7-10(8-6-9)12-13(11-3-2-4-11)16-17-14(12)15/h5-8,11H,2-4,15H2,1H3. The summed E-state index contributed by atoms with van der Waals surface area (Å²) >= 11 is 0. The smallest absolute Gasteiger partial charge is 0.230 e. The van der Waals surface area contributed by atoms with Gasteiger partial charge in [0.2, 0.25) is 5.88 Å². The average molecular weight is 228 g/mol. The van der Waals surface area contributed by atoms with Crippen LogP contribution < -0.4 is 5.73 Å². The van der Waals surface area contributed by atoms with E-state index in [0.29, 0.717) is 11.8 Å². The molecular weight excluding hydrogens is 212 g/mol. The van der Waals surface area contributed by atoms with Gasteiger partial charge in [0.05, 0.1) is 11.3 Å². The van der Waals surface area contributed by atoms with E-state index in [4.69, 9.17) is 10.3 Å². The molecule has 88 valence electrons. The van der Waals surface area contributed by atoms with Gasteiger partial charge >= 0.3 is 0 Å². The van der Waals surface area contributed by atoms with Crippen LogP contribution in [0.4, 0.5) is 5.88 Å². The molecule has 2 aromatic rings. The molecule has 0 saturated heterocycles. The quantitative estimate of drug-likeness (QED) is 0.855. The third kappa shape index (κ3) is 1.71. The molecule has 1 aromatic carbocycles. The van der Waals surface area contributed by atoms with Gasteiger partial charge in [0.1, 0.15) is 0 Å². The summed E-state index contributed by atoms with van der Waals surface area (Å²) in [5, 5.41) is 4.14. The number of anilines is 1. The Morgan fingerprint density at radius 1 is 1.24 bits per heavy atom. The molecule has 0 atom stereocenters. The molecule has 1 fully saturated rings. The molecule has 1 aliphatic carbocycles.